The second kappa shape index (κ2) is 5.82. The molecule has 1 unspecified atom stereocenters. The molecule has 18 heavy (non-hydrogen) atoms. The Kier molecular flexibility index (Phi) is 4.37. The van der Waals surface area contributed by atoms with E-state index in [9.17, 15) is 4.79 Å². The fraction of sp³-hybridized carbons (Fsp3) is 0.462. The lowest BCUT2D eigenvalue weighted by molar-refractivity contribution is 0.0516. The second-order valence-corrected chi connectivity index (χ2v) is 5.57. The molecule has 0 aromatic heterocycles. The first-order valence-electron chi connectivity index (χ1n) is 6.07. The highest BCUT2D eigenvalue weighted by Crippen LogP contribution is 2.15. The Morgan fingerprint density at radius 1 is 1.39 bits per heavy atom. The van der Waals surface area contributed by atoms with E-state index in [0.717, 1.165) is 29.7 Å². The Bertz CT molecular complexity index is 421. The van der Waals surface area contributed by atoms with Crippen LogP contribution in [-0.2, 0) is 0 Å². The van der Waals surface area contributed by atoms with Gasteiger partial charge < -0.3 is 15.5 Å². The van der Waals surface area contributed by atoms with Crippen LogP contribution >= 0.6 is 15.9 Å². The van der Waals surface area contributed by atoms with Crippen molar-refractivity contribution < 1.29 is 4.79 Å². The molecule has 0 saturated carbocycles. The summed E-state index contributed by atoms with van der Waals surface area (Å²) in [4.78, 5) is 16.5. The van der Waals surface area contributed by atoms with Crippen LogP contribution in [0.2, 0.25) is 0 Å². The van der Waals surface area contributed by atoms with Gasteiger partial charge in [0.15, 0.2) is 0 Å². The standard InChI is InChI=1S/C13H18BrN3O/c1-16-6-7-17(12(8-15)9-16)13(18)10-2-4-11(14)5-3-10/h2-5,12H,6-9,15H2,1H3. The molecule has 2 rings (SSSR count). The van der Waals surface area contributed by atoms with Crippen molar-refractivity contribution in [2.24, 2.45) is 5.73 Å². The van der Waals surface area contributed by atoms with Crippen molar-refractivity contribution in [3.05, 3.63) is 34.3 Å². The summed E-state index contributed by atoms with van der Waals surface area (Å²) in [7, 11) is 2.06. The lowest BCUT2D eigenvalue weighted by Gasteiger charge is -2.39. The highest BCUT2D eigenvalue weighted by Gasteiger charge is 2.28. The Balaban J connectivity index is 2.14. The molecule has 5 heteroatoms. The zero-order chi connectivity index (χ0) is 13.1. The van der Waals surface area contributed by atoms with Gasteiger partial charge in [-0.2, -0.15) is 0 Å². The molecule has 98 valence electrons. The highest BCUT2D eigenvalue weighted by atomic mass is 79.9. The van der Waals surface area contributed by atoms with Crippen molar-refractivity contribution in [1.82, 2.24) is 9.80 Å². The third kappa shape index (κ3) is 2.91. The average molecular weight is 312 g/mol. The van der Waals surface area contributed by atoms with E-state index in [4.69, 9.17) is 5.73 Å². The Labute approximate surface area is 116 Å². The van der Waals surface area contributed by atoms with E-state index in [1.54, 1.807) is 0 Å². The minimum Gasteiger partial charge on any atom is -0.332 e. The largest absolute Gasteiger partial charge is 0.332 e. The number of halogens is 1. The summed E-state index contributed by atoms with van der Waals surface area (Å²) >= 11 is 3.37. The Hall–Kier alpha value is -0.910. The van der Waals surface area contributed by atoms with E-state index >= 15 is 0 Å². The normalized spacial score (nSPS) is 21.1. The lowest BCUT2D eigenvalue weighted by Crippen LogP contribution is -2.56. The van der Waals surface area contributed by atoms with Gasteiger partial charge >= 0.3 is 0 Å². The van der Waals surface area contributed by atoms with Crippen molar-refractivity contribution in [3.8, 4) is 0 Å². The molecular weight excluding hydrogens is 294 g/mol. The molecule has 1 atom stereocenters. The molecule has 0 spiro atoms. The second-order valence-electron chi connectivity index (χ2n) is 4.66. The van der Waals surface area contributed by atoms with Gasteiger partial charge in [0.25, 0.3) is 5.91 Å². The summed E-state index contributed by atoms with van der Waals surface area (Å²) in [5.41, 5.74) is 6.49. The smallest absolute Gasteiger partial charge is 0.254 e. The maximum absolute atomic E-state index is 12.4. The summed E-state index contributed by atoms with van der Waals surface area (Å²) in [5, 5.41) is 0. The number of amides is 1. The first kappa shape index (κ1) is 13.5. The predicted octanol–water partition coefficient (Wildman–Crippen LogP) is 1.16. The van der Waals surface area contributed by atoms with Crippen LogP contribution < -0.4 is 5.73 Å². The minimum atomic E-state index is 0.0750. The molecule has 1 heterocycles. The molecule has 1 fully saturated rings. The van der Waals surface area contributed by atoms with Crippen LogP contribution in [0, 0.1) is 0 Å². The number of likely N-dealkylation sites (N-methyl/N-ethyl adjacent to an activating group) is 1. The Morgan fingerprint density at radius 2 is 2.06 bits per heavy atom. The van der Waals surface area contributed by atoms with Gasteiger partial charge in [0.1, 0.15) is 0 Å². The van der Waals surface area contributed by atoms with Crippen molar-refractivity contribution in [1.29, 1.82) is 0 Å². The molecule has 4 nitrogen and oxygen atoms in total. The summed E-state index contributed by atoms with van der Waals surface area (Å²) in [6.45, 7) is 3.00. The Morgan fingerprint density at radius 3 is 2.67 bits per heavy atom. The molecule has 1 saturated heterocycles. The van der Waals surface area contributed by atoms with E-state index in [2.05, 4.69) is 27.9 Å². The number of piperazine rings is 1. The first-order chi connectivity index (χ1) is 8.61. The third-order valence-corrected chi connectivity index (χ3v) is 3.84. The fourth-order valence-corrected chi connectivity index (χ4v) is 2.50. The average Bonchev–Trinajstić information content (AvgIpc) is 2.38. The number of nitrogens with zero attached hydrogens (tertiary/aromatic N) is 2. The summed E-state index contributed by atoms with van der Waals surface area (Å²) in [5.74, 6) is 0.0750. The van der Waals surface area contributed by atoms with Gasteiger partial charge in [0.05, 0.1) is 6.04 Å². The van der Waals surface area contributed by atoms with Gasteiger partial charge in [-0.15, -0.1) is 0 Å². The maximum atomic E-state index is 12.4. The van der Waals surface area contributed by atoms with Crippen molar-refractivity contribution >= 4 is 21.8 Å². The molecule has 2 N–H and O–H groups in total. The van der Waals surface area contributed by atoms with E-state index in [1.165, 1.54) is 0 Å². The van der Waals surface area contributed by atoms with E-state index < -0.39 is 0 Å². The van der Waals surface area contributed by atoms with Gasteiger partial charge in [0.2, 0.25) is 0 Å². The van der Waals surface area contributed by atoms with E-state index in [1.807, 2.05) is 29.2 Å². The van der Waals surface area contributed by atoms with Gasteiger partial charge in [0, 0.05) is 36.2 Å². The molecule has 1 aromatic rings. The molecule has 0 radical (unpaired) electrons. The number of rotatable bonds is 2. The van der Waals surface area contributed by atoms with Crippen LogP contribution in [0.25, 0.3) is 0 Å². The molecule has 1 amide bonds. The van der Waals surface area contributed by atoms with Crippen LogP contribution in [0.4, 0.5) is 0 Å². The maximum Gasteiger partial charge on any atom is 0.254 e. The number of hydrogen-bond donors (Lipinski definition) is 1. The van der Waals surface area contributed by atoms with Crippen LogP contribution in [0.3, 0.4) is 0 Å². The number of benzene rings is 1. The van der Waals surface area contributed by atoms with Crippen molar-refractivity contribution in [2.45, 2.75) is 6.04 Å². The van der Waals surface area contributed by atoms with Gasteiger partial charge in [-0.1, -0.05) is 15.9 Å². The molecule has 1 aliphatic heterocycles. The summed E-state index contributed by atoms with van der Waals surface area (Å²) in [6, 6.07) is 7.58. The van der Waals surface area contributed by atoms with Crippen LogP contribution in [0.15, 0.2) is 28.7 Å². The van der Waals surface area contributed by atoms with Crippen LogP contribution in [0.5, 0.6) is 0 Å². The summed E-state index contributed by atoms with van der Waals surface area (Å²) in [6.07, 6.45) is 0. The fourth-order valence-electron chi connectivity index (χ4n) is 2.24. The number of carbonyl (C=O) groups is 1. The topological polar surface area (TPSA) is 49.6 Å². The lowest BCUT2D eigenvalue weighted by atomic mass is 10.1. The number of hydrogen-bond acceptors (Lipinski definition) is 3. The third-order valence-electron chi connectivity index (χ3n) is 3.31. The van der Waals surface area contributed by atoms with Crippen molar-refractivity contribution in [3.63, 3.8) is 0 Å². The monoisotopic (exact) mass is 311 g/mol. The van der Waals surface area contributed by atoms with Crippen LogP contribution in [0.1, 0.15) is 10.4 Å². The predicted molar refractivity (Wildman–Crippen MR) is 75.5 cm³/mol. The molecule has 1 aromatic carbocycles. The minimum absolute atomic E-state index is 0.0750. The first-order valence-corrected chi connectivity index (χ1v) is 6.86. The van der Waals surface area contributed by atoms with E-state index in [0.29, 0.717) is 6.54 Å². The molecular formula is C13H18BrN3O. The zero-order valence-corrected chi connectivity index (χ0v) is 12.1. The van der Waals surface area contributed by atoms with Gasteiger partial charge in [-0.05, 0) is 31.3 Å². The summed E-state index contributed by atoms with van der Waals surface area (Å²) < 4.78 is 0.979. The SMILES string of the molecule is CN1CCN(C(=O)c2ccc(Br)cc2)C(CN)C1. The number of nitrogens with two attached hydrogens (primary N) is 1. The molecule has 0 bridgehead atoms. The highest BCUT2D eigenvalue weighted by molar-refractivity contribution is 9.10. The van der Waals surface area contributed by atoms with Gasteiger partial charge in [-0.3, -0.25) is 4.79 Å². The van der Waals surface area contributed by atoms with Crippen LogP contribution in [-0.4, -0.2) is 55.0 Å². The number of carbonyl (C=O) groups excluding carboxylic acids is 1. The molecule has 0 aliphatic carbocycles. The van der Waals surface area contributed by atoms with Crippen molar-refractivity contribution in [2.75, 3.05) is 33.2 Å². The zero-order valence-electron chi connectivity index (χ0n) is 10.5. The van der Waals surface area contributed by atoms with Gasteiger partial charge in [-0.25, -0.2) is 0 Å². The molecule has 1 aliphatic rings. The quantitative estimate of drug-likeness (QED) is 0.892. The van der Waals surface area contributed by atoms with E-state index in [-0.39, 0.29) is 11.9 Å².